The Hall–Kier alpha value is -2.16. The molecule has 1 aliphatic heterocycles. The van der Waals surface area contributed by atoms with Gasteiger partial charge in [0.1, 0.15) is 11.9 Å². The van der Waals surface area contributed by atoms with Crippen LogP contribution < -0.4 is 0 Å². The zero-order valence-corrected chi connectivity index (χ0v) is 13.0. The zero-order valence-electron chi connectivity index (χ0n) is 13.0. The molecule has 1 saturated heterocycles. The lowest BCUT2D eigenvalue weighted by Gasteiger charge is -2.31. The largest absolute Gasteiger partial charge is 0.379 e. The molecule has 3 rings (SSSR count). The van der Waals surface area contributed by atoms with Crippen LogP contribution in [0.15, 0.2) is 30.3 Å². The first-order chi connectivity index (χ1) is 10.7. The van der Waals surface area contributed by atoms with Crippen LogP contribution >= 0.6 is 0 Å². The van der Waals surface area contributed by atoms with E-state index < -0.39 is 0 Å². The molecule has 5 heteroatoms. The first kappa shape index (κ1) is 14.8. The van der Waals surface area contributed by atoms with Gasteiger partial charge in [-0.1, -0.05) is 30.3 Å². The smallest absolute Gasteiger partial charge is 0.140 e. The average molecular weight is 296 g/mol. The van der Waals surface area contributed by atoms with Gasteiger partial charge in [0.25, 0.3) is 0 Å². The molecule has 2 aromatic rings. The van der Waals surface area contributed by atoms with Gasteiger partial charge in [0.05, 0.1) is 30.7 Å². The number of nitriles is 1. The van der Waals surface area contributed by atoms with E-state index in [1.807, 2.05) is 48.9 Å². The molecule has 1 aromatic carbocycles. The Labute approximate surface area is 130 Å². The number of aromatic nitrogens is 2. The van der Waals surface area contributed by atoms with Crippen LogP contribution in [0.4, 0.5) is 0 Å². The van der Waals surface area contributed by atoms with E-state index in [1.165, 1.54) is 0 Å². The molecule has 0 aliphatic carbocycles. The van der Waals surface area contributed by atoms with Crippen LogP contribution in [0.3, 0.4) is 0 Å². The first-order valence-electron chi connectivity index (χ1n) is 7.52. The topological polar surface area (TPSA) is 54.1 Å². The fraction of sp³-hybridized carbons (Fsp3) is 0.412. The molecule has 1 unspecified atom stereocenters. The van der Waals surface area contributed by atoms with Gasteiger partial charge in [-0.15, -0.1) is 0 Å². The number of benzene rings is 1. The fourth-order valence-corrected chi connectivity index (χ4v) is 3.03. The van der Waals surface area contributed by atoms with Crippen LogP contribution in [0.5, 0.6) is 0 Å². The SMILES string of the molecule is Cc1nc(-c2ccccc2)n(C)c1C(C#N)N1CCOCC1. The van der Waals surface area contributed by atoms with Crippen molar-refractivity contribution in [1.29, 1.82) is 5.26 Å². The minimum Gasteiger partial charge on any atom is -0.379 e. The number of morpholine rings is 1. The molecule has 114 valence electrons. The van der Waals surface area contributed by atoms with Crippen molar-refractivity contribution in [1.82, 2.24) is 14.5 Å². The van der Waals surface area contributed by atoms with Crippen LogP contribution in [0.25, 0.3) is 11.4 Å². The maximum absolute atomic E-state index is 9.69. The molecule has 1 fully saturated rings. The van der Waals surface area contributed by atoms with Gasteiger partial charge in [0.2, 0.25) is 0 Å². The highest BCUT2D eigenvalue weighted by Gasteiger charge is 2.28. The number of rotatable bonds is 3. The van der Waals surface area contributed by atoms with Crippen LogP contribution in [0, 0.1) is 18.3 Å². The van der Waals surface area contributed by atoms with Gasteiger partial charge in [-0.2, -0.15) is 5.26 Å². The lowest BCUT2D eigenvalue weighted by Crippen LogP contribution is -2.39. The minimum atomic E-state index is -0.279. The van der Waals surface area contributed by atoms with Gasteiger partial charge in [0, 0.05) is 25.7 Å². The number of nitrogens with zero attached hydrogens (tertiary/aromatic N) is 4. The number of ether oxygens (including phenoxy) is 1. The van der Waals surface area contributed by atoms with Crippen LogP contribution in [0.1, 0.15) is 17.4 Å². The second kappa shape index (κ2) is 6.30. The quantitative estimate of drug-likeness (QED) is 0.872. The molecule has 0 radical (unpaired) electrons. The van der Waals surface area contributed by atoms with E-state index in [-0.39, 0.29) is 6.04 Å². The minimum absolute atomic E-state index is 0.279. The summed E-state index contributed by atoms with van der Waals surface area (Å²) >= 11 is 0. The Morgan fingerprint density at radius 3 is 2.55 bits per heavy atom. The lowest BCUT2D eigenvalue weighted by molar-refractivity contribution is 0.0254. The monoisotopic (exact) mass is 296 g/mol. The van der Waals surface area contributed by atoms with E-state index in [2.05, 4.69) is 11.0 Å². The van der Waals surface area contributed by atoms with E-state index in [9.17, 15) is 5.26 Å². The maximum atomic E-state index is 9.69. The van der Waals surface area contributed by atoms with Crippen molar-refractivity contribution in [2.45, 2.75) is 13.0 Å². The molecule has 5 nitrogen and oxygen atoms in total. The molecule has 1 atom stereocenters. The number of hydrogen-bond donors (Lipinski definition) is 0. The van der Waals surface area contributed by atoms with Gasteiger partial charge in [-0.05, 0) is 6.92 Å². The van der Waals surface area contributed by atoms with Crippen molar-refractivity contribution >= 4 is 0 Å². The van der Waals surface area contributed by atoms with E-state index >= 15 is 0 Å². The fourth-order valence-electron chi connectivity index (χ4n) is 3.03. The normalized spacial score (nSPS) is 17.1. The number of aryl methyl sites for hydroxylation is 1. The Morgan fingerprint density at radius 2 is 1.91 bits per heavy atom. The summed E-state index contributed by atoms with van der Waals surface area (Å²) in [4.78, 5) is 6.87. The van der Waals surface area contributed by atoms with Crippen molar-refractivity contribution in [2.75, 3.05) is 26.3 Å². The van der Waals surface area contributed by atoms with Crippen LogP contribution in [0.2, 0.25) is 0 Å². The summed E-state index contributed by atoms with van der Waals surface area (Å²) in [6.45, 7) is 4.90. The summed E-state index contributed by atoms with van der Waals surface area (Å²) in [7, 11) is 1.99. The van der Waals surface area contributed by atoms with E-state index in [0.29, 0.717) is 13.2 Å². The van der Waals surface area contributed by atoms with Crippen molar-refractivity contribution in [2.24, 2.45) is 7.05 Å². The van der Waals surface area contributed by atoms with Crippen LogP contribution in [-0.2, 0) is 11.8 Å². The Morgan fingerprint density at radius 1 is 1.23 bits per heavy atom. The highest BCUT2D eigenvalue weighted by atomic mass is 16.5. The van der Waals surface area contributed by atoms with E-state index in [0.717, 1.165) is 35.9 Å². The summed E-state index contributed by atoms with van der Waals surface area (Å²) in [6, 6.07) is 12.2. The third kappa shape index (κ3) is 2.63. The predicted molar refractivity (Wildman–Crippen MR) is 84.1 cm³/mol. The van der Waals surface area contributed by atoms with Crippen LogP contribution in [-0.4, -0.2) is 40.8 Å². The van der Waals surface area contributed by atoms with Crippen molar-refractivity contribution in [3.05, 3.63) is 41.7 Å². The average Bonchev–Trinajstić information content (AvgIpc) is 2.86. The van der Waals surface area contributed by atoms with Crippen molar-refractivity contribution in [3.63, 3.8) is 0 Å². The maximum Gasteiger partial charge on any atom is 0.140 e. The lowest BCUT2D eigenvalue weighted by atomic mass is 10.1. The molecular weight excluding hydrogens is 276 g/mol. The second-order valence-corrected chi connectivity index (χ2v) is 5.51. The summed E-state index contributed by atoms with van der Waals surface area (Å²) in [6.07, 6.45) is 0. The Kier molecular flexibility index (Phi) is 4.23. The second-order valence-electron chi connectivity index (χ2n) is 5.51. The summed E-state index contributed by atoms with van der Waals surface area (Å²) in [5.74, 6) is 0.904. The highest BCUT2D eigenvalue weighted by molar-refractivity contribution is 5.57. The highest BCUT2D eigenvalue weighted by Crippen LogP contribution is 2.28. The molecule has 2 heterocycles. The van der Waals surface area contributed by atoms with Gasteiger partial charge < -0.3 is 9.30 Å². The first-order valence-corrected chi connectivity index (χ1v) is 7.52. The number of hydrogen-bond acceptors (Lipinski definition) is 4. The Balaban J connectivity index is 2.00. The van der Waals surface area contributed by atoms with Gasteiger partial charge in [-0.3, -0.25) is 4.90 Å². The summed E-state index contributed by atoms with van der Waals surface area (Å²) in [5, 5.41) is 9.69. The standard InChI is InChI=1S/C17H20N4O/c1-13-16(15(12-18)21-8-10-22-11-9-21)20(2)17(19-13)14-6-4-3-5-7-14/h3-7,15H,8-11H2,1-2H3. The number of imidazole rings is 1. The summed E-state index contributed by atoms with van der Waals surface area (Å²) in [5.41, 5.74) is 2.96. The van der Waals surface area contributed by atoms with Crippen molar-refractivity contribution in [3.8, 4) is 17.5 Å². The molecule has 0 amide bonds. The van der Waals surface area contributed by atoms with Gasteiger partial charge >= 0.3 is 0 Å². The molecule has 1 aliphatic rings. The molecule has 0 N–H and O–H groups in total. The molecule has 0 saturated carbocycles. The Bertz CT molecular complexity index is 681. The zero-order chi connectivity index (χ0) is 15.5. The molecule has 22 heavy (non-hydrogen) atoms. The molecule has 1 aromatic heterocycles. The van der Waals surface area contributed by atoms with Crippen molar-refractivity contribution < 1.29 is 4.74 Å². The van der Waals surface area contributed by atoms with Gasteiger partial charge in [0.15, 0.2) is 0 Å². The molecule has 0 spiro atoms. The van der Waals surface area contributed by atoms with E-state index in [4.69, 9.17) is 9.72 Å². The van der Waals surface area contributed by atoms with Gasteiger partial charge in [-0.25, -0.2) is 4.98 Å². The third-order valence-electron chi connectivity index (χ3n) is 4.15. The summed E-state index contributed by atoms with van der Waals surface area (Å²) < 4.78 is 7.44. The third-order valence-corrected chi connectivity index (χ3v) is 4.15. The predicted octanol–water partition coefficient (Wildman–Crippen LogP) is 2.29. The van der Waals surface area contributed by atoms with E-state index in [1.54, 1.807) is 0 Å². The molecule has 0 bridgehead atoms. The molecular formula is C17H20N4O.